The van der Waals surface area contributed by atoms with Crippen LogP contribution in [0.2, 0.25) is 0 Å². The molecule has 2 aliphatic heterocycles. The number of benzene rings is 2. The Labute approximate surface area is 192 Å². The SMILES string of the molecule is CN(C)c1ccc(C(=O)N[C@@H]2CO[C@@H]3[C@@H]2OC[C@@H]3n2cc(COc3ccccc3)nn2)cc1. The molecule has 1 N–H and O–H groups in total. The van der Waals surface area contributed by atoms with Crippen molar-refractivity contribution in [1.29, 1.82) is 0 Å². The third-order valence-electron chi connectivity index (χ3n) is 6.02. The van der Waals surface area contributed by atoms with Gasteiger partial charge in [-0.2, -0.15) is 0 Å². The molecule has 0 aliphatic carbocycles. The topological polar surface area (TPSA) is 90.7 Å². The smallest absolute Gasteiger partial charge is 0.251 e. The lowest BCUT2D eigenvalue weighted by molar-refractivity contribution is 0.0613. The Hall–Kier alpha value is -3.43. The molecular weight excluding hydrogens is 422 g/mol. The lowest BCUT2D eigenvalue weighted by Gasteiger charge is -2.18. The highest BCUT2D eigenvalue weighted by atomic mass is 16.6. The summed E-state index contributed by atoms with van der Waals surface area (Å²) >= 11 is 0. The van der Waals surface area contributed by atoms with E-state index in [2.05, 4.69) is 15.6 Å². The molecule has 0 saturated carbocycles. The maximum Gasteiger partial charge on any atom is 0.251 e. The molecule has 3 aromatic rings. The van der Waals surface area contributed by atoms with E-state index in [9.17, 15) is 4.79 Å². The highest BCUT2D eigenvalue weighted by Gasteiger charge is 2.49. The van der Waals surface area contributed by atoms with Gasteiger partial charge in [0.2, 0.25) is 0 Å². The molecule has 0 radical (unpaired) electrons. The molecule has 9 heteroatoms. The standard InChI is InChI=1S/C24H27N5O4/c1-28(2)18-10-8-16(9-11-18)24(30)25-20-14-32-23-21(15-33-22(20)23)29-12-17(26-27-29)13-31-19-6-4-3-5-7-19/h3-12,20-23H,13-15H2,1-2H3,(H,25,30)/t20-,21+,22-,23+/m1/s1. The van der Waals surface area contributed by atoms with Gasteiger partial charge in [0.05, 0.1) is 25.5 Å². The molecule has 0 bridgehead atoms. The second-order valence-corrected chi connectivity index (χ2v) is 8.48. The fraction of sp³-hybridized carbons (Fsp3) is 0.375. The number of hydrogen-bond donors (Lipinski definition) is 1. The van der Waals surface area contributed by atoms with Crippen LogP contribution in [0.4, 0.5) is 5.69 Å². The minimum absolute atomic E-state index is 0.103. The van der Waals surface area contributed by atoms with Crippen LogP contribution in [0.5, 0.6) is 5.75 Å². The van der Waals surface area contributed by atoms with Gasteiger partial charge in [-0.15, -0.1) is 5.10 Å². The number of nitrogens with zero attached hydrogens (tertiary/aromatic N) is 4. The minimum atomic E-state index is -0.229. The number of ether oxygens (including phenoxy) is 3. The van der Waals surface area contributed by atoms with Gasteiger partial charge in [-0.3, -0.25) is 4.79 Å². The molecule has 5 rings (SSSR count). The molecular formula is C24H27N5O4. The van der Waals surface area contributed by atoms with Gasteiger partial charge in [-0.05, 0) is 36.4 Å². The van der Waals surface area contributed by atoms with E-state index < -0.39 is 0 Å². The van der Waals surface area contributed by atoms with Crippen molar-refractivity contribution in [3.8, 4) is 5.75 Å². The Kier molecular flexibility index (Phi) is 5.97. The van der Waals surface area contributed by atoms with Crippen molar-refractivity contribution in [3.63, 3.8) is 0 Å². The third-order valence-corrected chi connectivity index (χ3v) is 6.02. The highest BCUT2D eigenvalue weighted by molar-refractivity contribution is 5.94. The first-order valence-corrected chi connectivity index (χ1v) is 11.0. The number of anilines is 1. The van der Waals surface area contributed by atoms with Crippen LogP contribution in [0.15, 0.2) is 60.8 Å². The second kappa shape index (κ2) is 9.21. The summed E-state index contributed by atoms with van der Waals surface area (Å²) in [5.41, 5.74) is 2.38. The lowest BCUT2D eigenvalue weighted by Crippen LogP contribution is -2.44. The summed E-state index contributed by atoms with van der Waals surface area (Å²) in [6.07, 6.45) is 1.44. The van der Waals surface area contributed by atoms with Gasteiger partial charge in [0.25, 0.3) is 5.91 Å². The molecule has 1 aromatic heterocycles. The molecule has 1 amide bonds. The van der Waals surface area contributed by atoms with E-state index in [1.807, 2.05) is 79.8 Å². The number of amides is 1. The number of hydrogen-bond acceptors (Lipinski definition) is 7. The van der Waals surface area contributed by atoms with Crippen molar-refractivity contribution in [2.45, 2.75) is 30.9 Å². The summed E-state index contributed by atoms with van der Waals surface area (Å²) in [6.45, 7) is 1.17. The number of carbonyl (C=O) groups excluding carboxylic acids is 1. The molecule has 2 saturated heterocycles. The Balaban J connectivity index is 1.18. The van der Waals surface area contributed by atoms with Crippen molar-refractivity contribution in [2.75, 3.05) is 32.2 Å². The fourth-order valence-corrected chi connectivity index (χ4v) is 4.21. The van der Waals surface area contributed by atoms with Crippen molar-refractivity contribution >= 4 is 11.6 Å². The van der Waals surface area contributed by atoms with Crippen LogP contribution in [-0.4, -0.2) is 66.5 Å². The molecule has 4 atom stereocenters. The van der Waals surface area contributed by atoms with Gasteiger partial charge in [-0.25, -0.2) is 4.68 Å². The Morgan fingerprint density at radius 2 is 1.85 bits per heavy atom. The first-order chi connectivity index (χ1) is 16.1. The van der Waals surface area contributed by atoms with Crippen LogP contribution in [0.1, 0.15) is 22.1 Å². The summed E-state index contributed by atoms with van der Waals surface area (Å²) in [6, 6.07) is 16.8. The van der Waals surface area contributed by atoms with E-state index in [-0.39, 0.29) is 30.2 Å². The summed E-state index contributed by atoms with van der Waals surface area (Å²) in [5.74, 6) is 0.646. The van der Waals surface area contributed by atoms with Gasteiger partial charge in [-0.1, -0.05) is 23.4 Å². The van der Waals surface area contributed by atoms with Crippen LogP contribution >= 0.6 is 0 Å². The zero-order valence-electron chi connectivity index (χ0n) is 18.6. The van der Waals surface area contributed by atoms with Gasteiger partial charge in [0.1, 0.15) is 36.3 Å². The molecule has 172 valence electrons. The molecule has 9 nitrogen and oxygen atoms in total. The van der Waals surface area contributed by atoms with Crippen LogP contribution in [0.3, 0.4) is 0 Å². The summed E-state index contributed by atoms with van der Waals surface area (Å²) in [7, 11) is 3.93. The van der Waals surface area contributed by atoms with Gasteiger partial charge in [0.15, 0.2) is 0 Å². The number of carbonyl (C=O) groups is 1. The Morgan fingerprint density at radius 3 is 2.61 bits per heavy atom. The number of para-hydroxylation sites is 1. The quantitative estimate of drug-likeness (QED) is 0.590. The van der Waals surface area contributed by atoms with E-state index >= 15 is 0 Å². The fourth-order valence-electron chi connectivity index (χ4n) is 4.21. The number of fused-ring (bicyclic) bond motifs is 1. The van der Waals surface area contributed by atoms with E-state index in [1.165, 1.54) is 0 Å². The number of rotatable bonds is 7. The first kappa shape index (κ1) is 21.4. The zero-order valence-corrected chi connectivity index (χ0v) is 18.6. The first-order valence-electron chi connectivity index (χ1n) is 11.0. The number of aromatic nitrogens is 3. The number of nitrogens with one attached hydrogen (secondary N) is 1. The predicted octanol–water partition coefficient (Wildman–Crippen LogP) is 2.06. The van der Waals surface area contributed by atoms with Crippen molar-refractivity contribution in [1.82, 2.24) is 20.3 Å². The molecule has 3 heterocycles. The maximum atomic E-state index is 12.7. The highest BCUT2D eigenvalue weighted by Crippen LogP contribution is 2.34. The summed E-state index contributed by atoms with van der Waals surface area (Å²) < 4.78 is 19.6. The molecule has 0 spiro atoms. The van der Waals surface area contributed by atoms with Gasteiger partial charge < -0.3 is 24.4 Å². The van der Waals surface area contributed by atoms with Gasteiger partial charge in [0, 0.05) is 25.3 Å². The monoisotopic (exact) mass is 449 g/mol. The van der Waals surface area contributed by atoms with E-state index in [0.29, 0.717) is 25.4 Å². The summed E-state index contributed by atoms with van der Waals surface area (Å²) in [5, 5.41) is 11.5. The zero-order chi connectivity index (χ0) is 22.8. The lowest BCUT2D eigenvalue weighted by atomic mass is 10.1. The average Bonchev–Trinajstić information content (AvgIpc) is 3.56. The van der Waals surface area contributed by atoms with E-state index in [1.54, 1.807) is 4.68 Å². The maximum absolute atomic E-state index is 12.7. The van der Waals surface area contributed by atoms with Crippen molar-refractivity contribution < 1.29 is 19.0 Å². The molecule has 2 fully saturated rings. The van der Waals surface area contributed by atoms with Crippen LogP contribution in [0.25, 0.3) is 0 Å². The van der Waals surface area contributed by atoms with Crippen LogP contribution < -0.4 is 15.0 Å². The predicted molar refractivity (Wildman–Crippen MR) is 121 cm³/mol. The second-order valence-electron chi connectivity index (χ2n) is 8.48. The van der Waals surface area contributed by atoms with Crippen LogP contribution in [0, 0.1) is 0 Å². The third kappa shape index (κ3) is 4.55. The largest absolute Gasteiger partial charge is 0.487 e. The molecule has 33 heavy (non-hydrogen) atoms. The molecule has 2 aromatic carbocycles. The summed E-state index contributed by atoms with van der Waals surface area (Å²) in [4.78, 5) is 14.7. The Bertz CT molecular complexity index is 1090. The van der Waals surface area contributed by atoms with Crippen LogP contribution in [-0.2, 0) is 16.1 Å². The normalized spacial score (nSPS) is 23.8. The van der Waals surface area contributed by atoms with Gasteiger partial charge >= 0.3 is 0 Å². The minimum Gasteiger partial charge on any atom is -0.487 e. The van der Waals surface area contributed by atoms with E-state index in [0.717, 1.165) is 17.1 Å². The Morgan fingerprint density at radius 1 is 1.09 bits per heavy atom. The average molecular weight is 450 g/mol. The van der Waals surface area contributed by atoms with E-state index in [4.69, 9.17) is 14.2 Å². The molecule has 0 unspecified atom stereocenters. The van der Waals surface area contributed by atoms with Crippen molar-refractivity contribution in [3.05, 3.63) is 72.1 Å². The van der Waals surface area contributed by atoms with Crippen molar-refractivity contribution in [2.24, 2.45) is 0 Å². The molecule has 2 aliphatic rings.